The molecule has 45 heavy (non-hydrogen) atoms. The number of rotatable bonds is 12. The number of imidazole rings is 1. The van der Waals surface area contributed by atoms with Crippen molar-refractivity contribution in [3.8, 4) is 11.6 Å². The fourth-order valence-corrected chi connectivity index (χ4v) is 7.42. The molecule has 2 aromatic carbocycles. The van der Waals surface area contributed by atoms with Crippen molar-refractivity contribution in [3.63, 3.8) is 0 Å². The lowest BCUT2D eigenvalue weighted by molar-refractivity contribution is -0.225. The average molecular weight is 639 g/mol. The maximum absolute atomic E-state index is 14.2. The Morgan fingerprint density at radius 2 is 1.87 bits per heavy atom. The zero-order valence-corrected chi connectivity index (χ0v) is 26.0. The standard InChI is InChI=1S/C31H35N4O9P/c1-20(29(37)40-16-22-10-6-4-7-11-22)18-45(38,44-23-12-8-5-9-13-23)42-17-24-26(36)31(14-15-41-31)30(43-24)35-19-32-25-27(35)33-21(2)34-28(25)39-3/h4-13,19-20,24,26,30,36H,14-18H2,1-3H3/t20-,24?,26-,30?,31-,45?/m1/s1. The lowest BCUT2D eigenvalue weighted by Crippen LogP contribution is -2.56. The summed E-state index contributed by atoms with van der Waals surface area (Å²) < 4.78 is 50.9. The molecule has 2 saturated heterocycles. The van der Waals surface area contributed by atoms with Crippen LogP contribution in [0.25, 0.3) is 11.2 Å². The zero-order valence-electron chi connectivity index (χ0n) is 25.1. The Bertz CT molecular complexity index is 1680. The van der Waals surface area contributed by atoms with Gasteiger partial charge in [-0.2, -0.15) is 4.98 Å². The summed E-state index contributed by atoms with van der Waals surface area (Å²) in [7, 11) is -2.48. The molecule has 0 amide bonds. The molecule has 2 aliphatic rings. The van der Waals surface area contributed by atoms with Crippen molar-refractivity contribution in [3.05, 3.63) is 78.4 Å². The number of fused-ring (bicyclic) bond motifs is 1. The highest BCUT2D eigenvalue weighted by Gasteiger charge is 2.62. The van der Waals surface area contributed by atoms with E-state index in [1.165, 1.54) is 13.4 Å². The number of aliphatic hydroxyl groups is 1. The van der Waals surface area contributed by atoms with Crippen molar-refractivity contribution >= 4 is 24.7 Å². The van der Waals surface area contributed by atoms with E-state index in [-0.39, 0.29) is 19.4 Å². The van der Waals surface area contributed by atoms with Crippen LogP contribution in [0.1, 0.15) is 31.0 Å². The molecule has 4 aromatic rings. The number of aryl methyl sites for hydroxylation is 1. The number of carbonyl (C=O) groups excluding carboxylic acids is 1. The topological polar surface area (TPSA) is 153 Å². The van der Waals surface area contributed by atoms with Gasteiger partial charge in [-0.25, -0.2) is 14.5 Å². The van der Waals surface area contributed by atoms with Crippen LogP contribution in [-0.2, 0) is 34.7 Å². The Labute approximate surface area is 260 Å². The molecule has 0 saturated carbocycles. The minimum atomic E-state index is -3.98. The van der Waals surface area contributed by atoms with E-state index in [1.54, 1.807) is 48.7 Å². The fourth-order valence-electron chi connectivity index (χ4n) is 5.55. The number of hydrogen-bond donors (Lipinski definition) is 1. The van der Waals surface area contributed by atoms with Gasteiger partial charge >= 0.3 is 13.6 Å². The summed E-state index contributed by atoms with van der Waals surface area (Å²) in [5, 5.41) is 11.5. The molecule has 0 bridgehead atoms. The molecule has 238 valence electrons. The monoisotopic (exact) mass is 638 g/mol. The fraction of sp³-hybridized carbons (Fsp3) is 0.419. The molecule has 2 fully saturated rings. The molecule has 2 aromatic heterocycles. The van der Waals surface area contributed by atoms with Crippen LogP contribution in [0.2, 0.25) is 0 Å². The molecule has 6 rings (SSSR count). The van der Waals surface area contributed by atoms with Crippen molar-refractivity contribution < 1.29 is 42.5 Å². The van der Waals surface area contributed by atoms with E-state index in [2.05, 4.69) is 15.0 Å². The van der Waals surface area contributed by atoms with Gasteiger partial charge in [-0.1, -0.05) is 55.5 Å². The Morgan fingerprint density at radius 3 is 2.53 bits per heavy atom. The third-order valence-corrected chi connectivity index (χ3v) is 9.96. The SMILES string of the molecule is COc1nc(C)nc2c1ncn2C1OC(COP(=O)(C[C@@H](C)C(=O)OCc2ccccc2)Oc2ccccc2)[C@@H](O)[C@]12CCO2. The van der Waals surface area contributed by atoms with Crippen LogP contribution >= 0.6 is 7.60 Å². The van der Waals surface area contributed by atoms with Crippen LogP contribution in [0.5, 0.6) is 11.6 Å². The first-order valence-corrected chi connectivity index (χ1v) is 16.4. The molecule has 0 aliphatic carbocycles. The Balaban J connectivity index is 1.20. The average Bonchev–Trinajstić information content (AvgIpc) is 3.57. The van der Waals surface area contributed by atoms with E-state index in [0.717, 1.165) is 5.56 Å². The number of hydrogen-bond acceptors (Lipinski definition) is 12. The van der Waals surface area contributed by atoms with Crippen molar-refractivity contribution in [2.75, 3.05) is 26.5 Å². The normalized spacial score (nSPS) is 24.6. The summed E-state index contributed by atoms with van der Waals surface area (Å²) in [6, 6.07) is 17.8. The van der Waals surface area contributed by atoms with E-state index < -0.39 is 43.5 Å². The Hall–Kier alpha value is -3.87. The molecule has 3 unspecified atom stereocenters. The van der Waals surface area contributed by atoms with Crippen LogP contribution in [0.3, 0.4) is 0 Å². The Morgan fingerprint density at radius 1 is 1.16 bits per heavy atom. The van der Waals surface area contributed by atoms with Crippen LogP contribution in [0, 0.1) is 12.8 Å². The number of benzene rings is 2. The summed E-state index contributed by atoms with van der Waals surface area (Å²) >= 11 is 0. The highest BCUT2D eigenvalue weighted by atomic mass is 31.2. The summed E-state index contributed by atoms with van der Waals surface area (Å²) in [5.41, 5.74) is 0.614. The number of ether oxygens (including phenoxy) is 4. The van der Waals surface area contributed by atoms with Crippen LogP contribution in [0.15, 0.2) is 67.0 Å². The number of aromatic nitrogens is 4. The first kappa shape index (κ1) is 31.1. The zero-order chi connectivity index (χ0) is 31.6. The van der Waals surface area contributed by atoms with Gasteiger partial charge in [-0.05, 0) is 24.6 Å². The molecule has 2 aliphatic heterocycles. The quantitative estimate of drug-likeness (QED) is 0.175. The van der Waals surface area contributed by atoms with Crippen molar-refractivity contribution in [2.24, 2.45) is 5.92 Å². The van der Waals surface area contributed by atoms with Crippen LogP contribution in [0.4, 0.5) is 0 Å². The number of aliphatic hydroxyl groups excluding tert-OH is 1. The van der Waals surface area contributed by atoms with E-state index in [9.17, 15) is 14.5 Å². The second kappa shape index (κ2) is 12.9. The number of carbonyl (C=O) groups is 1. The van der Waals surface area contributed by atoms with Crippen LogP contribution < -0.4 is 9.26 Å². The van der Waals surface area contributed by atoms with Crippen molar-refractivity contribution in [1.82, 2.24) is 19.5 Å². The van der Waals surface area contributed by atoms with Gasteiger partial charge in [-0.15, -0.1) is 0 Å². The summed E-state index contributed by atoms with van der Waals surface area (Å²) in [4.78, 5) is 26.1. The van der Waals surface area contributed by atoms with Crippen molar-refractivity contribution in [2.45, 2.75) is 50.9 Å². The minimum Gasteiger partial charge on any atom is -0.479 e. The van der Waals surface area contributed by atoms with E-state index >= 15 is 0 Å². The van der Waals surface area contributed by atoms with Crippen molar-refractivity contribution in [1.29, 1.82) is 0 Å². The van der Waals surface area contributed by atoms with Gasteiger partial charge in [0.2, 0.25) is 5.88 Å². The third kappa shape index (κ3) is 6.31. The highest BCUT2D eigenvalue weighted by Crippen LogP contribution is 2.53. The third-order valence-electron chi connectivity index (χ3n) is 7.93. The van der Waals surface area contributed by atoms with Gasteiger partial charge in [0.25, 0.3) is 0 Å². The molecule has 0 radical (unpaired) electrons. The highest BCUT2D eigenvalue weighted by molar-refractivity contribution is 7.54. The van der Waals surface area contributed by atoms with E-state index in [4.69, 9.17) is 28.0 Å². The second-order valence-electron chi connectivity index (χ2n) is 11.1. The van der Waals surface area contributed by atoms with Crippen LogP contribution in [-0.4, -0.2) is 74.9 Å². The molecular weight excluding hydrogens is 603 g/mol. The maximum atomic E-state index is 14.2. The van der Waals surface area contributed by atoms with Gasteiger partial charge in [0.1, 0.15) is 36.0 Å². The molecule has 1 N–H and O–H groups in total. The van der Waals surface area contributed by atoms with E-state index in [0.29, 0.717) is 41.6 Å². The summed E-state index contributed by atoms with van der Waals surface area (Å²) in [6.45, 7) is 3.54. The molecular formula is C31H35N4O9P. The molecule has 4 heterocycles. The smallest absolute Gasteiger partial charge is 0.380 e. The predicted molar refractivity (Wildman–Crippen MR) is 161 cm³/mol. The van der Waals surface area contributed by atoms with Gasteiger partial charge < -0.3 is 28.6 Å². The van der Waals surface area contributed by atoms with Gasteiger partial charge in [0.05, 0.1) is 38.7 Å². The first-order chi connectivity index (χ1) is 21.7. The van der Waals surface area contributed by atoms with Gasteiger partial charge in [-0.3, -0.25) is 13.9 Å². The van der Waals surface area contributed by atoms with E-state index in [1.807, 2.05) is 30.3 Å². The number of para-hydroxylation sites is 1. The summed E-state index contributed by atoms with van der Waals surface area (Å²) in [6.07, 6.45) is -1.13. The molecule has 1 spiro atoms. The maximum Gasteiger partial charge on any atom is 0.380 e. The summed E-state index contributed by atoms with van der Waals surface area (Å²) in [5.74, 6) is -0.267. The number of nitrogens with zero attached hydrogens (tertiary/aromatic N) is 4. The lowest BCUT2D eigenvalue weighted by atomic mass is 9.86. The van der Waals surface area contributed by atoms with Gasteiger partial charge in [0.15, 0.2) is 17.4 Å². The Kier molecular flexibility index (Phi) is 8.89. The number of esters is 1. The first-order valence-electron chi connectivity index (χ1n) is 14.6. The number of methoxy groups -OCH3 is 1. The minimum absolute atomic E-state index is 0.0829. The molecule has 6 atom stereocenters. The molecule has 13 nitrogen and oxygen atoms in total. The van der Waals surface area contributed by atoms with Gasteiger partial charge in [0, 0.05) is 6.42 Å². The largest absolute Gasteiger partial charge is 0.479 e. The molecule has 14 heteroatoms. The second-order valence-corrected chi connectivity index (χ2v) is 13.1. The predicted octanol–water partition coefficient (Wildman–Crippen LogP) is 4.23. The lowest BCUT2D eigenvalue weighted by Gasteiger charge is -2.44.